The number of thioether (sulfide) groups is 1. The standard InChI is InChI=1S/C25H30N4O2S/c1-31-19-18-29-23-12-6-5-11-22(23)26-25(29)32-20-24(30)28-16-14-27(15-17-28)13-7-10-21-8-3-2-4-9-21/h2-12H,13-20H2,1H3/b10-7+. The van der Waals surface area contributed by atoms with Gasteiger partial charge in [0.05, 0.1) is 23.4 Å². The lowest BCUT2D eigenvalue weighted by atomic mass is 10.2. The number of hydrogen-bond acceptors (Lipinski definition) is 5. The maximum Gasteiger partial charge on any atom is 0.233 e. The number of methoxy groups -OCH3 is 1. The summed E-state index contributed by atoms with van der Waals surface area (Å²) in [6.07, 6.45) is 4.36. The number of rotatable bonds is 9. The SMILES string of the molecule is COCCn1c(SCC(=O)N2CCN(C/C=C/c3ccccc3)CC2)nc2ccccc21. The van der Waals surface area contributed by atoms with Crippen LogP contribution in [-0.2, 0) is 16.1 Å². The second kappa shape index (κ2) is 11.3. The molecule has 1 aliphatic heterocycles. The molecule has 0 atom stereocenters. The van der Waals surface area contributed by atoms with E-state index in [1.807, 2.05) is 29.2 Å². The third kappa shape index (κ3) is 5.79. The molecule has 2 heterocycles. The Hall–Kier alpha value is -2.61. The van der Waals surface area contributed by atoms with Crippen LogP contribution in [0.3, 0.4) is 0 Å². The minimum Gasteiger partial charge on any atom is -0.383 e. The van der Waals surface area contributed by atoms with Gasteiger partial charge in [0.1, 0.15) is 0 Å². The molecule has 168 valence electrons. The van der Waals surface area contributed by atoms with Gasteiger partial charge >= 0.3 is 0 Å². The smallest absolute Gasteiger partial charge is 0.233 e. The van der Waals surface area contributed by atoms with Crippen LogP contribution in [0.25, 0.3) is 17.1 Å². The summed E-state index contributed by atoms with van der Waals surface area (Å²) in [5.74, 6) is 0.587. The summed E-state index contributed by atoms with van der Waals surface area (Å²) in [6, 6.07) is 18.4. The van der Waals surface area contributed by atoms with Crippen molar-refractivity contribution in [2.24, 2.45) is 0 Å². The predicted molar refractivity (Wildman–Crippen MR) is 131 cm³/mol. The van der Waals surface area contributed by atoms with E-state index in [1.54, 1.807) is 7.11 Å². The molecule has 0 radical (unpaired) electrons. The van der Waals surface area contributed by atoms with Crippen LogP contribution >= 0.6 is 11.8 Å². The third-order valence-electron chi connectivity index (χ3n) is 5.66. The Balaban J connectivity index is 1.27. The van der Waals surface area contributed by atoms with Gasteiger partial charge in [0.25, 0.3) is 0 Å². The number of hydrogen-bond donors (Lipinski definition) is 0. The molecule has 0 saturated carbocycles. The van der Waals surface area contributed by atoms with Crippen LogP contribution in [0.1, 0.15) is 5.56 Å². The molecule has 4 rings (SSSR count). The minimum atomic E-state index is 0.180. The minimum absolute atomic E-state index is 0.180. The van der Waals surface area contributed by atoms with E-state index in [0.29, 0.717) is 12.4 Å². The van der Waals surface area contributed by atoms with Gasteiger partial charge in [-0.05, 0) is 17.7 Å². The number of ether oxygens (including phenoxy) is 1. The number of imidazole rings is 1. The van der Waals surface area contributed by atoms with Gasteiger partial charge in [-0.2, -0.15) is 0 Å². The number of aromatic nitrogens is 2. The summed E-state index contributed by atoms with van der Waals surface area (Å²) in [5.41, 5.74) is 3.25. The monoisotopic (exact) mass is 450 g/mol. The topological polar surface area (TPSA) is 50.6 Å². The maximum absolute atomic E-state index is 12.8. The van der Waals surface area contributed by atoms with Gasteiger partial charge in [0, 0.05) is 46.4 Å². The van der Waals surface area contributed by atoms with Crippen LogP contribution in [0.15, 0.2) is 65.8 Å². The molecule has 32 heavy (non-hydrogen) atoms. The van der Waals surface area contributed by atoms with Crippen molar-refractivity contribution in [1.82, 2.24) is 19.4 Å². The zero-order valence-corrected chi connectivity index (χ0v) is 19.3. The van der Waals surface area contributed by atoms with Crippen molar-refractivity contribution in [1.29, 1.82) is 0 Å². The third-order valence-corrected chi connectivity index (χ3v) is 6.62. The van der Waals surface area contributed by atoms with E-state index >= 15 is 0 Å². The molecule has 1 aliphatic rings. The first kappa shape index (κ1) is 22.6. The van der Waals surface area contributed by atoms with Gasteiger partial charge in [0.15, 0.2) is 5.16 Å². The van der Waals surface area contributed by atoms with Gasteiger partial charge in [-0.25, -0.2) is 4.98 Å². The Morgan fingerprint density at radius 3 is 2.59 bits per heavy atom. The van der Waals surface area contributed by atoms with Crippen molar-refractivity contribution in [3.05, 3.63) is 66.2 Å². The highest BCUT2D eigenvalue weighted by Gasteiger charge is 2.21. The maximum atomic E-state index is 12.8. The molecule has 1 amide bonds. The Labute approximate surface area is 193 Å². The summed E-state index contributed by atoms with van der Waals surface area (Å²) in [7, 11) is 1.70. The molecule has 0 spiro atoms. The Kier molecular flexibility index (Phi) is 7.98. The highest BCUT2D eigenvalue weighted by molar-refractivity contribution is 7.99. The average molecular weight is 451 g/mol. The number of carbonyl (C=O) groups is 1. The van der Waals surface area contributed by atoms with E-state index in [2.05, 4.69) is 52.0 Å². The van der Waals surface area contributed by atoms with Crippen LogP contribution in [-0.4, -0.2) is 77.5 Å². The largest absolute Gasteiger partial charge is 0.383 e. The molecule has 6 nitrogen and oxygen atoms in total. The summed E-state index contributed by atoms with van der Waals surface area (Å²) in [6.45, 7) is 5.61. The molecule has 0 N–H and O–H groups in total. The van der Waals surface area contributed by atoms with E-state index in [4.69, 9.17) is 9.72 Å². The lowest BCUT2D eigenvalue weighted by Crippen LogP contribution is -2.49. The first-order valence-electron chi connectivity index (χ1n) is 11.0. The van der Waals surface area contributed by atoms with Crippen molar-refractivity contribution in [2.75, 3.05) is 52.2 Å². The number of fused-ring (bicyclic) bond motifs is 1. The van der Waals surface area contributed by atoms with E-state index in [1.165, 1.54) is 17.3 Å². The molecule has 0 aliphatic carbocycles. The second-order valence-electron chi connectivity index (χ2n) is 7.81. The van der Waals surface area contributed by atoms with Crippen molar-refractivity contribution < 1.29 is 9.53 Å². The Bertz CT molecular complexity index is 1040. The fourth-order valence-corrected chi connectivity index (χ4v) is 4.81. The number of piperazine rings is 1. The van der Waals surface area contributed by atoms with E-state index in [-0.39, 0.29) is 5.91 Å². The molecule has 7 heteroatoms. The molecule has 1 fully saturated rings. The van der Waals surface area contributed by atoms with Gasteiger partial charge in [-0.1, -0.05) is 66.4 Å². The van der Waals surface area contributed by atoms with Crippen LogP contribution < -0.4 is 0 Å². The van der Waals surface area contributed by atoms with E-state index in [9.17, 15) is 4.79 Å². The fourth-order valence-electron chi connectivity index (χ4n) is 3.86. The normalized spacial score (nSPS) is 15.1. The van der Waals surface area contributed by atoms with Crippen LogP contribution in [0.2, 0.25) is 0 Å². The first-order chi connectivity index (χ1) is 15.7. The highest BCUT2D eigenvalue weighted by atomic mass is 32.2. The highest BCUT2D eigenvalue weighted by Crippen LogP contribution is 2.24. The first-order valence-corrected chi connectivity index (χ1v) is 12.0. The molecule has 3 aromatic rings. The molecular formula is C25H30N4O2S. The van der Waals surface area contributed by atoms with Crippen molar-refractivity contribution >= 4 is 34.8 Å². The predicted octanol–water partition coefficient (Wildman–Crippen LogP) is 3.63. The molecule has 1 saturated heterocycles. The number of carbonyl (C=O) groups excluding carboxylic acids is 1. The van der Waals surface area contributed by atoms with E-state index < -0.39 is 0 Å². The molecule has 0 bridgehead atoms. The fraction of sp³-hybridized carbons (Fsp3) is 0.360. The number of amides is 1. The average Bonchev–Trinajstić information content (AvgIpc) is 3.19. The van der Waals surface area contributed by atoms with Crippen LogP contribution in [0.5, 0.6) is 0 Å². The van der Waals surface area contributed by atoms with E-state index in [0.717, 1.165) is 55.5 Å². The lowest BCUT2D eigenvalue weighted by Gasteiger charge is -2.34. The lowest BCUT2D eigenvalue weighted by molar-refractivity contribution is -0.130. The van der Waals surface area contributed by atoms with Crippen LogP contribution in [0.4, 0.5) is 0 Å². The van der Waals surface area contributed by atoms with Gasteiger partial charge in [-0.15, -0.1) is 0 Å². The Morgan fingerprint density at radius 1 is 1.06 bits per heavy atom. The molecule has 2 aromatic carbocycles. The quantitative estimate of drug-likeness (QED) is 0.466. The van der Waals surface area contributed by atoms with Crippen molar-refractivity contribution in [3.63, 3.8) is 0 Å². The van der Waals surface area contributed by atoms with Crippen LogP contribution in [0, 0.1) is 0 Å². The zero-order chi connectivity index (χ0) is 22.2. The number of para-hydroxylation sites is 2. The Morgan fingerprint density at radius 2 is 1.81 bits per heavy atom. The molecule has 0 unspecified atom stereocenters. The zero-order valence-electron chi connectivity index (χ0n) is 18.5. The molecular weight excluding hydrogens is 420 g/mol. The number of benzene rings is 2. The summed E-state index contributed by atoms with van der Waals surface area (Å²) in [5, 5.41) is 0.876. The van der Waals surface area contributed by atoms with Gasteiger partial charge < -0.3 is 14.2 Å². The summed E-state index contributed by atoms with van der Waals surface area (Å²) >= 11 is 1.52. The summed E-state index contributed by atoms with van der Waals surface area (Å²) < 4.78 is 7.41. The van der Waals surface area contributed by atoms with Crippen molar-refractivity contribution in [2.45, 2.75) is 11.7 Å². The summed E-state index contributed by atoms with van der Waals surface area (Å²) in [4.78, 5) is 21.9. The van der Waals surface area contributed by atoms with Gasteiger partial charge in [0.2, 0.25) is 5.91 Å². The number of nitrogens with zero attached hydrogens (tertiary/aromatic N) is 4. The molecule has 1 aromatic heterocycles. The second-order valence-corrected chi connectivity index (χ2v) is 8.75. The van der Waals surface area contributed by atoms with Crippen molar-refractivity contribution in [3.8, 4) is 0 Å². The van der Waals surface area contributed by atoms with Gasteiger partial charge in [-0.3, -0.25) is 9.69 Å².